The lowest BCUT2D eigenvalue weighted by Crippen LogP contribution is -1.95. The number of nitrogens with one attached hydrogen (secondary N) is 2. The Morgan fingerprint density at radius 3 is 2.94 bits per heavy atom. The number of pyridine rings is 1. The largest absolute Gasteiger partial charge is 0.481 e. The summed E-state index contributed by atoms with van der Waals surface area (Å²) in [4.78, 5) is 22.3. The summed E-state index contributed by atoms with van der Waals surface area (Å²) in [6.45, 7) is 0. The summed E-state index contributed by atoms with van der Waals surface area (Å²) in [7, 11) is 1.81. The van der Waals surface area contributed by atoms with Crippen LogP contribution in [-0.2, 0) is 11.2 Å². The molecule has 96 valence electrons. The molecule has 0 amide bonds. The molecular formula is C12H16N4O2. The number of hydrogen-bond donors (Lipinski definition) is 3. The van der Waals surface area contributed by atoms with Crippen molar-refractivity contribution in [2.75, 3.05) is 12.4 Å². The average Bonchev–Trinajstić information content (AvgIpc) is 2.75. The Labute approximate surface area is 104 Å². The predicted molar refractivity (Wildman–Crippen MR) is 68.6 cm³/mol. The van der Waals surface area contributed by atoms with Crippen LogP contribution in [0.15, 0.2) is 12.1 Å². The molecule has 0 aliphatic heterocycles. The van der Waals surface area contributed by atoms with Gasteiger partial charge in [-0.3, -0.25) is 4.79 Å². The van der Waals surface area contributed by atoms with Gasteiger partial charge in [0.05, 0.1) is 5.52 Å². The molecule has 0 bridgehead atoms. The highest BCUT2D eigenvalue weighted by Crippen LogP contribution is 2.13. The molecule has 0 spiro atoms. The number of carboxylic acid groups (broad SMARTS) is 1. The number of nitrogens with zero attached hydrogens (tertiary/aromatic N) is 2. The first-order valence-corrected chi connectivity index (χ1v) is 5.94. The minimum atomic E-state index is -0.750. The van der Waals surface area contributed by atoms with Gasteiger partial charge in [0.25, 0.3) is 0 Å². The van der Waals surface area contributed by atoms with E-state index in [0.717, 1.165) is 30.0 Å². The third kappa shape index (κ3) is 2.97. The van der Waals surface area contributed by atoms with Crippen LogP contribution in [0.4, 0.5) is 5.82 Å². The molecule has 0 aliphatic carbocycles. The second-order valence-corrected chi connectivity index (χ2v) is 4.10. The number of anilines is 1. The monoisotopic (exact) mass is 248 g/mol. The van der Waals surface area contributed by atoms with E-state index in [-0.39, 0.29) is 6.42 Å². The molecule has 18 heavy (non-hydrogen) atoms. The Hall–Kier alpha value is -2.11. The molecule has 2 heterocycles. The molecule has 0 saturated heterocycles. The smallest absolute Gasteiger partial charge is 0.303 e. The van der Waals surface area contributed by atoms with Crippen molar-refractivity contribution in [1.29, 1.82) is 0 Å². The van der Waals surface area contributed by atoms with Crippen molar-refractivity contribution in [3.63, 3.8) is 0 Å². The van der Waals surface area contributed by atoms with Gasteiger partial charge in [0, 0.05) is 19.9 Å². The Bertz CT molecular complexity index is 550. The molecule has 0 fully saturated rings. The summed E-state index contributed by atoms with van der Waals surface area (Å²) in [5, 5.41) is 11.5. The lowest BCUT2D eigenvalue weighted by Gasteiger charge is -1.95. The number of aromatic nitrogens is 3. The number of aryl methyl sites for hydroxylation is 1. The van der Waals surface area contributed by atoms with Crippen LogP contribution in [0.5, 0.6) is 0 Å². The van der Waals surface area contributed by atoms with Crippen molar-refractivity contribution in [3.05, 3.63) is 18.0 Å². The van der Waals surface area contributed by atoms with Crippen LogP contribution in [0.2, 0.25) is 0 Å². The third-order valence-electron chi connectivity index (χ3n) is 2.71. The van der Waals surface area contributed by atoms with E-state index in [1.165, 1.54) is 0 Å². The van der Waals surface area contributed by atoms with Gasteiger partial charge in [-0.1, -0.05) is 0 Å². The van der Waals surface area contributed by atoms with E-state index in [0.29, 0.717) is 12.1 Å². The molecular weight excluding hydrogens is 232 g/mol. The number of carboxylic acids is 1. The van der Waals surface area contributed by atoms with Crippen molar-refractivity contribution < 1.29 is 9.90 Å². The molecule has 0 aliphatic rings. The van der Waals surface area contributed by atoms with Crippen LogP contribution in [-0.4, -0.2) is 33.1 Å². The highest BCUT2D eigenvalue weighted by atomic mass is 16.4. The molecule has 6 heteroatoms. The summed E-state index contributed by atoms with van der Waals surface area (Å²) < 4.78 is 0. The van der Waals surface area contributed by atoms with Gasteiger partial charge in [-0.05, 0) is 25.0 Å². The number of imidazole rings is 1. The number of carbonyl (C=O) groups is 1. The maximum Gasteiger partial charge on any atom is 0.303 e. The summed E-state index contributed by atoms with van der Waals surface area (Å²) in [5.41, 5.74) is 1.59. The zero-order valence-corrected chi connectivity index (χ0v) is 10.2. The van der Waals surface area contributed by atoms with Gasteiger partial charge in [-0.15, -0.1) is 0 Å². The van der Waals surface area contributed by atoms with Gasteiger partial charge in [0.1, 0.15) is 11.6 Å². The van der Waals surface area contributed by atoms with Gasteiger partial charge < -0.3 is 15.4 Å². The fourth-order valence-corrected chi connectivity index (χ4v) is 1.77. The van der Waals surface area contributed by atoms with Gasteiger partial charge >= 0.3 is 5.97 Å². The van der Waals surface area contributed by atoms with Crippen LogP contribution < -0.4 is 5.32 Å². The topological polar surface area (TPSA) is 90.9 Å². The SMILES string of the molecule is CNc1ccc2[nH]c(CCCCC(=O)O)nc2n1. The Morgan fingerprint density at radius 1 is 1.39 bits per heavy atom. The highest BCUT2D eigenvalue weighted by molar-refractivity contribution is 5.72. The Balaban J connectivity index is 1.99. The number of aromatic amines is 1. The summed E-state index contributed by atoms with van der Waals surface area (Å²) >= 11 is 0. The van der Waals surface area contributed by atoms with Gasteiger partial charge in [-0.2, -0.15) is 0 Å². The molecule has 0 aromatic carbocycles. The van der Waals surface area contributed by atoms with Crippen molar-refractivity contribution in [2.24, 2.45) is 0 Å². The minimum Gasteiger partial charge on any atom is -0.481 e. The number of fused-ring (bicyclic) bond motifs is 1. The molecule has 2 rings (SSSR count). The predicted octanol–water partition coefficient (Wildman–Crippen LogP) is 1.80. The van der Waals surface area contributed by atoms with Crippen LogP contribution in [0.1, 0.15) is 25.1 Å². The summed E-state index contributed by atoms with van der Waals surface area (Å²) in [6.07, 6.45) is 2.44. The van der Waals surface area contributed by atoms with Crippen molar-refractivity contribution >= 4 is 23.0 Å². The second kappa shape index (κ2) is 5.48. The standard InChI is InChI=1S/C12H16N4O2/c1-13-9-7-6-8-12(15-9)16-10(14-8)4-2-3-5-11(17)18/h6-7H,2-5H2,1H3,(H,17,18)(H2,13,14,15,16). The Morgan fingerprint density at radius 2 is 2.22 bits per heavy atom. The zero-order valence-electron chi connectivity index (χ0n) is 10.2. The quantitative estimate of drug-likeness (QED) is 0.678. The van der Waals surface area contributed by atoms with Crippen molar-refractivity contribution in [1.82, 2.24) is 15.0 Å². The molecule has 0 saturated carbocycles. The summed E-state index contributed by atoms with van der Waals surface area (Å²) in [5.74, 6) is 0.891. The number of hydrogen-bond acceptors (Lipinski definition) is 4. The second-order valence-electron chi connectivity index (χ2n) is 4.10. The number of H-pyrrole nitrogens is 1. The van der Waals surface area contributed by atoms with E-state index in [2.05, 4.69) is 20.3 Å². The minimum absolute atomic E-state index is 0.211. The first kappa shape index (κ1) is 12.3. The molecule has 6 nitrogen and oxygen atoms in total. The number of aliphatic carboxylic acids is 1. The first-order valence-electron chi connectivity index (χ1n) is 5.94. The number of rotatable bonds is 6. The molecule has 2 aromatic heterocycles. The van der Waals surface area contributed by atoms with E-state index in [4.69, 9.17) is 5.11 Å². The molecule has 0 atom stereocenters. The summed E-state index contributed by atoms with van der Waals surface area (Å²) in [6, 6.07) is 3.82. The van der Waals surface area contributed by atoms with E-state index in [1.807, 2.05) is 19.2 Å². The normalized spacial score (nSPS) is 10.7. The van der Waals surface area contributed by atoms with Crippen LogP contribution >= 0.6 is 0 Å². The fraction of sp³-hybridized carbons (Fsp3) is 0.417. The van der Waals surface area contributed by atoms with Gasteiger partial charge in [0.15, 0.2) is 5.65 Å². The van der Waals surface area contributed by atoms with Crippen LogP contribution in [0.3, 0.4) is 0 Å². The molecule has 2 aromatic rings. The molecule has 0 radical (unpaired) electrons. The number of unbranched alkanes of at least 4 members (excludes halogenated alkanes) is 1. The van der Waals surface area contributed by atoms with Crippen LogP contribution in [0.25, 0.3) is 11.2 Å². The lowest BCUT2D eigenvalue weighted by atomic mass is 10.2. The van der Waals surface area contributed by atoms with E-state index in [1.54, 1.807) is 0 Å². The third-order valence-corrected chi connectivity index (χ3v) is 2.71. The van der Waals surface area contributed by atoms with Gasteiger partial charge in [0.2, 0.25) is 0 Å². The van der Waals surface area contributed by atoms with E-state index >= 15 is 0 Å². The molecule has 0 unspecified atom stereocenters. The Kier molecular flexibility index (Phi) is 3.76. The van der Waals surface area contributed by atoms with E-state index < -0.39 is 5.97 Å². The van der Waals surface area contributed by atoms with Crippen molar-refractivity contribution in [3.8, 4) is 0 Å². The molecule has 3 N–H and O–H groups in total. The van der Waals surface area contributed by atoms with E-state index in [9.17, 15) is 4.79 Å². The van der Waals surface area contributed by atoms with Crippen LogP contribution in [0, 0.1) is 0 Å². The van der Waals surface area contributed by atoms with Gasteiger partial charge in [-0.25, -0.2) is 9.97 Å². The average molecular weight is 248 g/mol. The zero-order chi connectivity index (χ0) is 13.0. The first-order chi connectivity index (χ1) is 8.69. The maximum atomic E-state index is 10.4. The lowest BCUT2D eigenvalue weighted by molar-refractivity contribution is -0.137. The highest BCUT2D eigenvalue weighted by Gasteiger charge is 2.05. The maximum absolute atomic E-state index is 10.4. The fourth-order valence-electron chi connectivity index (χ4n) is 1.77. The van der Waals surface area contributed by atoms with Crippen molar-refractivity contribution in [2.45, 2.75) is 25.7 Å².